The number of hydrogen-bond acceptors (Lipinski definition) is 3. The number of aliphatic carboxylic acids is 1. The molecule has 0 heterocycles. The van der Waals surface area contributed by atoms with Crippen LogP contribution in [0.4, 0.5) is 4.79 Å². The molecule has 94 valence electrons. The van der Waals surface area contributed by atoms with Gasteiger partial charge in [0.25, 0.3) is 0 Å². The fraction of sp³-hybridized carbons (Fsp3) is 0.778. The average Bonchev–Trinajstić information content (AvgIpc) is 2.12. The molecule has 0 aromatic rings. The van der Waals surface area contributed by atoms with E-state index in [2.05, 4.69) is 10.6 Å². The largest absolute Gasteiger partial charge is 0.480 e. The summed E-state index contributed by atoms with van der Waals surface area (Å²) >= 11 is 0. The summed E-state index contributed by atoms with van der Waals surface area (Å²) in [5.74, 6) is -0.903. The van der Waals surface area contributed by atoms with Crippen molar-refractivity contribution >= 4 is 22.8 Å². The molecule has 0 aliphatic heterocycles. The van der Waals surface area contributed by atoms with Crippen molar-refractivity contribution in [2.24, 2.45) is 5.92 Å². The SMILES string of the molecule is CC(C)[C@@H](NC(=O)NCCS(C)=O)C(=O)O. The molecule has 0 fully saturated rings. The van der Waals surface area contributed by atoms with Gasteiger partial charge in [0, 0.05) is 29.4 Å². The molecule has 0 aliphatic rings. The molecule has 0 spiro atoms. The van der Waals surface area contributed by atoms with Gasteiger partial charge in [0.2, 0.25) is 0 Å². The predicted octanol–water partition coefficient (Wildman–Crippen LogP) is -0.227. The van der Waals surface area contributed by atoms with Gasteiger partial charge in [-0.05, 0) is 5.92 Å². The molecule has 7 heteroatoms. The first-order chi connectivity index (χ1) is 7.34. The Labute approximate surface area is 97.3 Å². The van der Waals surface area contributed by atoms with Gasteiger partial charge in [-0.2, -0.15) is 0 Å². The second kappa shape index (κ2) is 7.21. The van der Waals surface area contributed by atoms with Gasteiger partial charge in [-0.15, -0.1) is 0 Å². The van der Waals surface area contributed by atoms with Gasteiger partial charge < -0.3 is 15.7 Å². The third-order valence-corrected chi connectivity index (χ3v) is 2.67. The zero-order chi connectivity index (χ0) is 12.7. The predicted molar refractivity (Wildman–Crippen MR) is 61.7 cm³/mol. The minimum atomic E-state index is -1.07. The lowest BCUT2D eigenvalue weighted by molar-refractivity contribution is -0.140. The van der Waals surface area contributed by atoms with Crippen LogP contribution in [0.2, 0.25) is 0 Å². The van der Waals surface area contributed by atoms with E-state index in [0.29, 0.717) is 5.75 Å². The lowest BCUT2D eigenvalue weighted by atomic mass is 10.1. The van der Waals surface area contributed by atoms with Crippen LogP contribution in [0.15, 0.2) is 0 Å². The van der Waals surface area contributed by atoms with Crippen LogP contribution in [-0.4, -0.2) is 45.9 Å². The molecule has 0 bridgehead atoms. The average molecular weight is 250 g/mol. The van der Waals surface area contributed by atoms with E-state index in [1.807, 2.05) is 0 Å². The minimum Gasteiger partial charge on any atom is -0.480 e. The van der Waals surface area contributed by atoms with Crippen molar-refractivity contribution in [3.8, 4) is 0 Å². The molecule has 0 saturated heterocycles. The van der Waals surface area contributed by atoms with E-state index in [1.54, 1.807) is 13.8 Å². The number of nitrogens with one attached hydrogen (secondary N) is 2. The van der Waals surface area contributed by atoms with Crippen LogP contribution in [0.5, 0.6) is 0 Å². The molecule has 0 radical (unpaired) electrons. The molecule has 0 aliphatic carbocycles. The Hall–Kier alpha value is -1.11. The van der Waals surface area contributed by atoms with Crippen LogP contribution in [0.3, 0.4) is 0 Å². The third kappa shape index (κ3) is 6.39. The molecule has 1 unspecified atom stereocenters. The fourth-order valence-electron chi connectivity index (χ4n) is 1.01. The normalized spacial score (nSPS) is 14.2. The first-order valence-electron chi connectivity index (χ1n) is 4.91. The topological polar surface area (TPSA) is 95.5 Å². The second-order valence-corrected chi connectivity index (χ2v) is 5.29. The second-order valence-electron chi connectivity index (χ2n) is 3.74. The number of amides is 2. The Balaban J connectivity index is 4.01. The Kier molecular flexibility index (Phi) is 6.71. The van der Waals surface area contributed by atoms with E-state index in [-0.39, 0.29) is 12.5 Å². The maximum Gasteiger partial charge on any atom is 0.326 e. The van der Waals surface area contributed by atoms with Crippen molar-refractivity contribution in [3.05, 3.63) is 0 Å². The van der Waals surface area contributed by atoms with Crippen molar-refractivity contribution < 1.29 is 18.9 Å². The van der Waals surface area contributed by atoms with Crippen molar-refractivity contribution in [2.75, 3.05) is 18.6 Å². The maximum absolute atomic E-state index is 11.3. The first-order valence-corrected chi connectivity index (χ1v) is 6.64. The van der Waals surface area contributed by atoms with Gasteiger partial charge in [0.1, 0.15) is 6.04 Å². The summed E-state index contributed by atoms with van der Waals surface area (Å²) in [5.41, 5.74) is 0. The minimum absolute atomic E-state index is 0.191. The Morgan fingerprint density at radius 1 is 1.38 bits per heavy atom. The molecule has 3 N–H and O–H groups in total. The highest BCUT2D eigenvalue weighted by Crippen LogP contribution is 2.00. The molecular formula is C9H18N2O4S. The molecule has 0 saturated carbocycles. The molecular weight excluding hydrogens is 232 g/mol. The summed E-state index contributed by atoms with van der Waals surface area (Å²) in [6.45, 7) is 3.68. The first kappa shape index (κ1) is 14.9. The summed E-state index contributed by atoms with van der Waals surface area (Å²) in [6, 6.07) is -1.46. The van der Waals surface area contributed by atoms with Crippen LogP contribution >= 0.6 is 0 Å². The highest BCUT2D eigenvalue weighted by Gasteiger charge is 2.22. The summed E-state index contributed by atoms with van der Waals surface area (Å²) < 4.78 is 10.7. The smallest absolute Gasteiger partial charge is 0.326 e. The van der Waals surface area contributed by atoms with E-state index in [4.69, 9.17) is 5.11 Å². The molecule has 2 amide bonds. The number of carboxylic acid groups (broad SMARTS) is 1. The molecule has 6 nitrogen and oxygen atoms in total. The van der Waals surface area contributed by atoms with Gasteiger partial charge in [0.05, 0.1) is 0 Å². The highest BCUT2D eigenvalue weighted by molar-refractivity contribution is 7.84. The highest BCUT2D eigenvalue weighted by atomic mass is 32.2. The fourth-order valence-corrected chi connectivity index (χ4v) is 1.40. The van der Waals surface area contributed by atoms with Crippen LogP contribution in [-0.2, 0) is 15.6 Å². The maximum atomic E-state index is 11.3. The van der Waals surface area contributed by atoms with Gasteiger partial charge in [-0.1, -0.05) is 13.8 Å². The molecule has 0 aromatic carbocycles. The number of carboxylic acids is 1. The van der Waals surface area contributed by atoms with Crippen LogP contribution < -0.4 is 10.6 Å². The van der Waals surface area contributed by atoms with Gasteiger partial charge in [0.15, 0.2) is 0 Å². The van der Waals surface area contributed by atoms with E-state index >= 15 is 0 Å². The Morgan fingerprint density at radius 3 is 2.31 bits per heavy atom. The van der Waals surface area contributed by atoms with E-state index in [0.717, 1.165) is 0 Å². The zero-order valence-electron chi connectivity index (χ0n) is 9.65. The molecule has 16 heavy (non-hydrogen) atoms. The molecule has 0 aromatic heterocycles. The lowest BCUT2D eigenvalue weighted by Crippen LogP contribution is -2.49. The summed E-state index contributed by atoms with van der Waals surface area (Å²) in [5, 5.41) is 13.6. The summed E-state index contributed by atoms with van der Waals surface area (Å²) in [7, 11) is -0.971. The zero-order valence-corrected chi connectivity index (χ0v) is 10.5. The molecule has 2 atom stereocenters. The van der Waals surface area contributed by atoms with Crippen molar-refractivity contribution in [3.63, 3.8) is 0 Å². The quantitative estimate of drug-likeness (QED) is 0.607. The third-order valence-electron chi connectivity index (χ3n) is 1.89. The van der Waals surface area contributed by atoms with Gasteiger partial charge in [-0.25, -0.2) is 9.59 Å². The standard InChI is InChI=1S/C9H18N2O4S/c1-6(2)7(8(12)13)11-9(14)10-4-5-16(3)15/h6-7H,4-5H2,1-3H3,(H,12,13)(H2,10,11,14)/t7-,16?/m1/s1. The number of hydrogen-bond donors (Lipinski definition) is 3. The van der Waals surface area contributed by atoms with Gasteiger partial charge in [-0.3, -0.25) is 4.21 Å². The van der Waals surface area contributed by atoms with E-state index in [1.165, 1.54) is 6.26 Å². The van der Waals surface area contributed by atoms with Crippen molar-refractivity contribution in [1.29, 1.82) is 0 Å². The van der Waals surface area contributed by atoms with Crippen LogP contribution in [0.1, 0.15) is 13.8 Å². The summed E-state index contributed by atoms with van der Waals surface area (Å²) in [6.07, 6.45) is 1.54. The summed E-state index contributed by atoms with van der Waals surface area (Å²) in [4.78, 5) is 22.0. The number of rotatable bonds is 6. The number of carbonyl (C=O) groups excluding carboxylic acids is 1. The molecule has 0 rings (SSSR count). The van der Waals surface area contributed by atoms with Crippen LogP contribution in [0, 0.1) is 5.92 Å². The number of carbonyl (C=O) groups is 2. The number of urea groups is 1. The van der Waals surface area contributed by atoms with E-state index < -0.39 is 28.8 Å². The van der Waals surface area contributed by atoms with E-state index in [9.17, 15) is 13.8 Å². The Bertz CT molecular complexity index is 281. The van der Waals surface area contributed by atoms with Crippen molar-refractivity contribution in [1.82, 2.24) is 10.6 Å². The Morgan fingerprint density at radius 2 is 1.94 bits per heavy atom. The van der Waals surface area contributed by atoms with Crippen LogP contribution in [0.25, 0.3) is 0 Å². The lowest BCUT2D eigenvalue weighted by Gasteiger charge is -2.18. The van der Waals surface area contributed by atoms with Crippen molar-refractivity contribution in [2.45, 2.75) is 19.9 Å². The van der Waals surface area contributed by atoms with Gasteiger partial charge >= 0.3 is 12.0 Å². The monoisotopic (exact) mass is 250 g/mol.